The molecule has 27 heavy (non-hydrogen) atoms. The quantitative estimate of drug-likeness (QED) is 0.548. The van der Waals surface area contributed by atoms with Crippen LogP contribution in [0, 0.1) is 22.7 Å². The molecule has 0 aliphatic heterocycles. The molecule has 0 saturated carbocycles. The van der Waals surface area contributed by atoms with Crippen LogP contribution in [-0.4, -0.2) is 12.5 Å². The predicted octanol–water partition coefficient (Wildman–Crippen LogP) is 4.29. The molecule has 1 amide bonds. The molecule has 1 N–H and O–H groups in total. The zero-order valence-electron chi connectivity index (χ0n) is 14.3. The maximum atomic E-state index is 12.5. The number of nitrogens with one attached hydrogen (secondary N) is 1. The summed E-state index contributed by atoms with van der Waals surface area (Å²) in [5.41, 5.74) is 1.33. The van der Waals surface area contributed by atoms with Crippen LogP contribution in [0.5, 0.6) is 5.75 Å². The van der Waals surface area contributed by atoms with E-state index in [1.807, 2.05) is 48.5 Å². The van der Waals surface area contributed by atoms with E-state index in [9.17, 15) is 10.1 Å². The number of carbonyl (C=O) groups is 1. The molecule has 3 rings (SSSR count). The van der Waals surface area contributed by atoms with Crippen LogP contribution in [0.15, 0.2) is 72.3 Å². The van der Waals surface area contributed by atoms with E-state index < -0.39 is 5.91 Å². The van der Waals surface area contributed by atoms with Gasteiger partial charge in [0.1, 0.15) is 23.5 Å². The number of nitrogens with zero attached hydrogens (tertiary/aromatic N) is 2. The lowest BCUT2D eigenvalue weighted by molar-refractivity contribution is -0.112. The Hall–Kier alpha value is -4.09. The fourth-order valence-electron chi connectivity index (χ4n) is 2.62. The standard InChI is InChI=1S/C22H15N3O2/c23-12-13-27-19-10-8-16(9-11-19)14-18(15-24)22(26)25-21-7-3-5-17-4-1-2-6-20(17)21/h1-11,14H,13H2,(H,25,26)/b18-14+. The Bertz CT molecular complexity index is 1080. The summed E-state index contributed by atoms with van der Waals surface area (Å²) in [5.74, 6) is 0.0751. The number of rotatable bonds is 5. The number of hydrogen-bond donors (Lipinski definition) is 1. The summed E-state index contributed by atoms with van der Waals surface area (Å²) in [7, 11) is 0. The van der Waals surface area contributed by atoms with Crippen molar-refractivity contribution in [1.82, 2.24) is 0 Å². The third kappa shape index (κ3) is 4.31. The fraction of sp³-hybridized carbons (Fsp3) is 0.0455. The second-order valence-electron chi connectivity index (χ2n) is 5.67. The molecular formula is C22H15N3O2. The van der Waals surface area contributed by atoms with Crippen molar-refractivity contribution >= 4 is 28.4 Å². The van der Waals surface area contributed by atoms with Crippen LogP contribution in [-0.2, 0) is 4.79 Å². The van der Waals surface area contributed by atoms with Gasteiger partial charge in [0.25, 0.3) is 5.91 Å². The topological polar surface area (TPSA) is 85.9 Å². The van der Waals surface area contributed by atoms with E-state index in [2.05, 4.69) is 5.32 Å². The smallest absolute Gasteiger partial charge is 0.266 e. The summed E-state index contributed by atoms with van der Waals surface area (Å²) < 4.78 is 5.18. The van der Waals surface area contributed by atoms with Gasteiger partial charge in [-0.2, -0.15) is 10.5 Å². The predicted molar refractivity (Wildman–Crippen MR) is 104 cm³/mol. The third-order valence-corrected chi connectivity index (χ3v) is 3.90. The van der Waals surface area contributed by atoms with Crippen molar-refractivity contribution in [3.05, 3.63) is 77.9 Å². The van der Waals surface area contributed by atoms with Gasteiger partial charge < -0.3 is 10.1 Å². The first-order chi connectivity index (χ1) is 13.2. The summed E-state index contributed by atoms with van der Waals surface area (Å²) in [5, 5.41) is 22.6. The van der Waals surface area contributed by atoms with E-state index in [0.717, 1.165) is 10.8 Å². The number of benzene rings is 3. The van der Waals surface area contributed by atoms with Gasteiger partial charge in [-0.05, 0) is 35.2 Å². The molecule has 0 aliphatic rings. The molecule has 0 heterocycles. The number of amides is 1. The Balaban J connectivity index is 1.80. The average Bonchev–Trinajstić information content (AvgIpc) is 2.71. The first-order valence-corrected chi connectivity index (χ1v) is 8.22. The first-order valence-electron chi connectivity index (χ1n) is 8.22. The Morgan fingerprint density at radius 3 is 2.48 bits per heavy atom. The van der Waals surface area contributed by atoms with Crippen molar-refractivity contribution in [2.24, 2.45) is 0 Å². The molecule has 0 bridgehead atoms. The second kappa shape index (κ2) is 8.33. The van der Waals surface area contributed by atoms with Crippen molar-refractivity contribution < 1.29 is 9.53 Å². The molecule has 0 unspecified atom stereocenters. The van der Waals surface area contributed by atoms with Gasteiger partial charge in [-0.25, -0.2) is 0 Å². The van der Waals surface area contributed by atoms with Crippen LogP contribution in [0.25, 0.3) is 16.8 Å². The number of ether oxygens (including phenoxy) is 1. The SMILES string of the molecule is N#CCOc1ccc(/C=C(\C#N)C(=O)Nc2cccc3ccccc23)cc1. The van der Waals surface area contributed by atoms with E-state index in [1.165, 1.54) is 6.08 Å². The fourth-order valence-corrected chi connectivity index (χ4v) is 2.62. The molecule has 0 aliphatic carbocycles. The second-order valence-corrected chi connectivity index (χ2v) is 5.67. The van der Waals surface area contributed by atoms with Gasteiger partial charge in [-0.1, -0.05) is 48.5 Å². The van der Waals surface area contributed by atoms with Gasteiger partial charge >= 0.3 is 0 Å². The van der Waals surface area contributed by atoms with E-state index >= 15 is 0 Å². The minimum atomic E-state index is -0.473. The molecule has 5 nitrogen and oxygen atoms in total. The van der Waals surface area contributed by atoms with Crippen LogP contribution in [0.4, 0.5) is 5.69 Å². The van der Waals surface area contributed by atoms with E-state index in [0.29, 0.717) is 17.0 Å². The zero-order valence-corrected chi connectivity index (χ0v) is 14.3. The summed E-state index contributed by atoms with van der Waals surface area (Å²) in [6.07, 6.45) is 1.51. The molecule has 3 aromatic carbocycles. The summed E-state index contributed by atoms with van der Waals surface area (Å²) in [4.78, 5) is 12.5. The lowest BCUT2D eigenvalue weighted by Gasteiger charge is -2.08. The van der Waals surface area contributed by atoms with E-state index in [1.54, 1.807) is 30.3 Å². The minimum Gasteiger partial charge on any atom is -0.479 e. The monoisotopic (exact) mass is 353 g/mol. The summed E-state index contributed by atoms with van der Waals surface area (Å²) in [6.45, 7) is -0.0356. The lowest BCUT2D eigenvalue weighted by atomic mass is 10.1. The maximum absolute atomic E-state index is 12.5. The van der Waals surface area contributed by atoms with Gasteiger partial charge in [0, 0.05) is 11.1 Å². The van der Waals surface area contributed by atoms with E-state index in [4.69, 9.17) is 10.00 Å². The normalized spacial score (nSPS) is 10.7. The molecule has 0 aromatic heterocycles. The molecular weight excluding hydrogens is 338 g/mol. The lowest BCUT2D eigenvalue weighted by Crippen LogP contribution is -2.13. The number of hydrogen-bond acceptors (Lipinski definition) is 4. The van der Waals surface area contributed by atoms with Crippen LogP contribution in [0.2, 0.25) is 0 Å². The van der Waals surface area contributed by atoms with Crippen LogP contribution < -0.4 is 10.1 Å². The van der Waals surface area contributed by atoms with Crippen molar-refractivity contribution in [2.45, 2.75) is 0 Å². The minimum absolute atomic E-state index is 0.00590. The van der Waals surface area contributed by atoms with Crippen LogP contribution >= 0.6 is 0 Å². The Labute approximate surface area is 156 Å². The highest BCUT2D eigenvalue weighted by molar-refractivity contribution is 6.12. The molecule has 5 heteroatoms. The number of fused-ring (bicyclic) bond motifs is 1. The number of nitriles is 2. The zero-order chi connectivity index (χ0) is 19.1. The summed E-state index contributed by atoms with van der Waals surface area (Å²) >= 11 is 0. The highest BCUT2D eigenvalue weighted by atomic mass is 16.5. The number of anilines is 1. The molecule has 3 aromatic rings. The molecule has 0 spiro atoms. The van der Waals surface area contributed by atoms with Gasteiger partial charge in [0.15, 0.2) is 6.61 Å². The van der Waals surface area contributed by atoms with Crippen molar-refractivity contribution in [1.29, 1.82) is 10.5 Å². The molecule has 0 radical (unpaired) electrons. The molecule has 0 fully saturated rings. The van der Waals surface area contributed by atoms with Crippen molar-refractivity contribution in [3.63, 3.8) is 0 Å². The number of carbonyl (C=O) groups excluding carboxylic acids is 1. The Kier molecular flexibility index (Phi) is 5.47. The van der Waals surface area contributed by atoms with Crippen LogP contribution in [0.1, 0.15) is 5.56 Å². The largest absolute Gasteiger partial charge is 0.479 e. The Morgan fingerprint density at radius 1 is 1.00 bits per heavy atom. The van der Waals surface area contributed by atoms with Gasteiger partial charge in [0.2, 0.25) is 0 Å². The molecule has 130 valence electrons. The maximum Gasteiger partial charge on any atom is 0.266 e. The van der Waals surface area contributed by atoms with E-state index in [-0.39, 0.29) is 12.2 Å². The highest BCUT2D eigenvalue weighted by Gasteiger charge is 2.11. The highest BCUT2D eigenvalue weighted by Crippen LogP contribution is 2.23. The van der Waals surface area contributed by atoms with Crippen molar-refractivity contribution in [2.75, 3.05) is 11.9 Å². The van der Waals surface area contributed by atoms with Gasteiger partial charge in [-0.15, -0.1) is 0 Å². The average molecular weight is 353 g/mol. The van der Waals surface area contributed by atoms with Crippen molar-refractivity contribution in [3.8, 4) is 17.9 Å². The van der Waals surface area contributed by atoms with Gasteiger partial charge in [-0.3, -0.25) is 4.79 Å². The first kappa shape index (κ1) is 17.7. The van der Waals surface area contributed by atoms with Gasteiger partial charge in [0.05, 0.1) is 0 Å². The molecule has 0 saturated heterocycles. The summed E-state index contributed by atoms with van der Waals surface area (Å²) in [6, 6.07) is 24.0. The Morgan fingerprint density at radius 2 is 1.74 bits per heavy atom. The van der Waals surface area contributed by atoms with Crippen LogP contribution in [0.3, 0.4) is 0 Å². The molecule has 0 atom stereocenters. The third-order valence-electron chi connectivity index (χ3n) is 3.90.